The van der Waals surface area contributed by atoms with E-state index >= 15 is 0 Å². The molecule has 0 saturated heterocycles. The van der Waals surface area contributed by atoms with E-state index in [4.69, 9.17) is 18.9 Å². The van der Waals surface area contributed by atoms with Crippen molar-refractivity contribution in [3.8, 4) is 11.5 Å². The van der Waals surface area contributed by atoms with E-state index in [1.807, 2.05) is 0 Å². The second kappa shape index (κ2) is 6.22. The fraction of sp³-hybridized carbons (Fsp3) is 0.417. The molecule has 0 heterocycles. The molecule has 0 bridgehead atoms. The normalized spacial score (nSPS) is 10.4. The number of ether oxygens (including phenoxy) is 4. The van der Waals surface area contributed by atoms with E-state index in [0.717, 1.165) is 0 Å². The van der Waals surface area contributed by atoms with E-state index in [1.165, 1.54) is 28.4 Å². The number of benzene rings is 1. The number of methoxy groups -OCH3 is 4. The van der Waals surface area contributed by atoms with Gasteiger partial charge in [-0.15, -0.1) is 0 Å². The van der Waals surface area contributed by atoms with Gasteiger partial charge in [-0.05, 0) is 12.1 Å². The van der Waals surface area contributed by atoms with Crippen molar-refractivity contribution < 1.29 is 23.7 Å². The monoisotopic (exact) mass is 240 g/mol. The Morgan fingerprint density at radius 2 is 1.47 bits per heavy atom. The molecule has 0 fully saturated rings. The molecular weight excluding hydrogens is 224 g/mol. The van der Waals surface area contributed by atoms with Crippen LogP contribution in [0, 0.1) is 0 Å². The zero-order valence-electron chi connectivity index (χ0n) is 10.4. The zero-order chi connectivity index (χ0) is 12.8. The highest BCUT2D eigenvalue weighted by Crippen LogP contribution is 2.29. The van der Waals surface area contributed by atoms with Crippen molar-refractivity contribution in [3.63, 3.8) is 0 Å². The molecule has 0 aromatic heterocycles. The van der Waals surface area contributed by atoms with E-state index in [0.29, 0.717) is 17.1 Å². The van der Waals surface area contributed by atoms with Gasteiger partial charge in [-0.2, -0.15) is 0 Å². The van der Waals surface area contributed by atoms with Crippen LogP contribution < -0.4 is 9.47 Å². The van der Waals surface area contributed by atoms with Crippen LogP contribution in [0.5, 0.6) is 11.5 Å². The minimum Gasteiger partial charge on any atom is -0.496 e. The molecule has 0 N–H and O–H groups in total. The first kappa shape index (κ1) is 13.5. The Kier molecular flexibility index (Phi) is 4.93. The van der Waals surface area contributed by atoms with Gasteiger partial charge in [-0.3, -0.25) is 4.79 Å². The Balaban J connectivity index is 3.22. The standard InChI is InChI=1S/C12H16O5/c1-14-8-6-5-7-9(15-2)10(8)11(13)12(16-3)17-4/h5-7,12H,1-4H3. The summed E-state index contributed by atoms with van der Waals surface area (Å²) < 4.78 is 20.1. The first-order valence-electron chi connectivity index (χ1n) is 5.00. The average molecular weight is 240 g/mol. The van der Waals surface area contributed by atoms with E-state index in [-0.39, 0.29) is 5.78 Å². The van der Waals surface area contributed by atoms with Gasteiger partial charge in [-0.25, -0.2) is 0 Å². The number of hydrogen-bond donors (Lipinski definition) is 0. The smallest absolute Gasteiger partial charge is 0.226 e. The molecule has 0 saturated carbocycles. The van der Waals surface area contributed by atoms with Crippen molar-refractivity contribution in [2.24, 2.45) is 0 Å². The van der Waals surface area contributed by atoms with Gasteiger partial charge in [0.05, 0.1) is 14.2 Å². The summed E-state index contributed by atoms with van der Waals surface area (Å²) in [6.07, 6.45) is -0.972. The van der Waals surface area contributed by atoms with Crippen molar-refractivity contribution in [2.45, 2.75) is 6.29 Å². The molecule has 0 aliphatic carbocycles. The molecular formula is C12H16O5. The van der Waals surface area contributed by atoms with Crippen molar-refractivity contribution in [2.75, 3.05) is 28.4 Å². The number of carbonyl (C=O) groups is 1. The summed E-state index contributed by atoms with van der Waals surface area (Å²) in [7, 11) is 5.77. The molecule has 0 unspecified atom stereocenters. The minimum atomic E-state index is -0.972. The van der Waals surface area contributed by atoms with Crippen molar-refractivity contribution in [1.29, 1.82) is 0 Å². The van der Waals surface area contributed by atoms with Crippen molar-refractivity contribution in [1.82, 2.24) is 0 Å². The van der Waals surface area contributed by atoms with Gasteiger partial charge in [-0.1, -0.05) is 6.07 Å². The lowest BCUT2D eigenvalue weighted by Gasteiger charge is -2.16. The summed E-state index contributed by atoms with van der Waals surface area (Å²) in [5, 5.41) is 0. The van der Waals surface area contributed by atoms with E-state index < -0.39 is 6.29 Å². The number of Topliss-reactive ketones (excluding diaryl/α,β-unsaturated/α-hetero) is 1. The van der Waals surface area contributed by atoms with Gasteiger partial charge in [0.2, 0.25) is 12.1 Å². The highest BCUT2D eigenvalue weighted by molar-refractivity contribution is 6.03. The van der Waals surface area contributed by atoms with E-state index in [9.17, 15) is 4.79 Å². The Morgan fingerprint density at radius 1 is 1.00 bits per heavy atom. The van der Waals surface area contributed by atoms with Crippen LogP contribution in [0.2, 0.25) is 0 Å². The Hall–Kier alpha value is -1.59. The van der Waals surface area contributed by atoms with E-state index in [2.05, 4.69) is 0 Å². The summed E-state index contributed by atoms with van der Waals surface area (Å²) in [6.45, 7) is 0. The van der Waals surface area contributed by atoms with Crippen LogP contribution in [0.15, 0.2) is 18.2 Å². The van der Waals surface area contributed by atoms with Gasteiger partial charge in [0, 0.05) is 14.2 Å². The van der Waals surface area contributed by atoms with Crippen LogP contribution in [0.4, 0.5) is 0 Å². The fourth-order valence-corrected chi connectivity index (χ4v) is 1.52. The van der Waals surface area contributed by atoms with Crippen LogP contribution in [-0.4, -0.2) is 40.5 Å². The highest BCUT2D eigenvalue weighted by Gasteiger charge is 2.26. The summed E-state index contributed by atoms with van der Waals surface area (Å²) in [4.78, 5) is 12.2. The molecule has 17 heavy (non-hydrogen) atoms. The molecule has 0 aliphatic rings. The molecule has 1 aromatic rings. The minimum absolute atomic E-state index is 0.311. The molecule has 94 valence electrons. The number of hydrogen-bond acceptors (Lipinski definition) is 5. The Morgan fingerprint density at radius 3 is 1.82 bits per heavy atom. The first-order chi connectivity index (χ1) is 8.19. The lowest BCUT2D eigenvalue weighted by atomic mass is 10.1. The van der Waals surface area contributed by atoms with Crippen LogP contribution in [-0.2, 0) is 9.47 Å². The predicted molar refractivity (Wildman–Crippen MR) is 61.7 cm³/mol. The molecule has 5 nitrogen and oxygen atoms in total. The van der Waals surface area contributed by atoms with Gasteiger partial charge >= 0.3 is 0 Å². The largest absolute Gasteiger partial charge is 0.496 e. The third-order valence-electron chi connectivity index (χ3n) is 2.32. The molecule has 1 aromatic carbocycles. The van der Waals surface area contributed by atoms with Crippen LogP contribution in [0.3, 0.4) is 0 Å². The zero-order valence-corrected chi connectivity index (χ0v) is 10.4. The summed E-state index contributed by atoms with van der Waals surface area (Å²) in [5.41, 5.74) is 0.311. The highest BCUT2D eigenvalue weighted by atomic mass is 16.7. The van der Waals surface area contributed by atoms with Crippen molar-refractivity contribution in [3.05, 3.63) is 23.8 Å². The molecule has 0 amide bonds. The lowest BCUT2D eigenvalue weighted by molar-refractivity contribution is -0.0744. The average Bonchev–Trinajstić information content (AvgIpc) is 2.38. The molecule has 0 radical (unpaired) electrons. The second-order valence-electron chi connectivity index (χ2n) is 3.21. The quantitative estimate of drug-likeness (QED) is 0.557. The topological polar surface area (TPSA) is 54.0 Å². The fourth-order valence-electron chi connectivity index (χ4n) is 1.52. The number of rotatable bonds is 6. The SMILES string of the molecule is COc1cccc(OC)c1C(=O)C(OC)OC. The van der Waals surface area contributed by atoms with Crippen LogP contribution >= 0.6 is 0 Å². The first-order valence-corrected chi connectivity index (χ1v) is 5.00. The lowest BCUT2D eigenvalue weighted by Crippen LogP contribution is -2.25. The molecule has 5 heteroatoms. The molecule has 0 atom stereocenters. The maximum atomic E-state index is 12.2. The number of carbonyl (C=O) groups excluding carboxylic acids is 1. The predicted octanol–water partition coefficient (Wildman–Crippen LogP) is 1.51. The Bertz CT molecular complexity index is 362. The van der Waals surface area contributed by atoms with Crippen molar-refractivity contribution >= 4 is 5.78 Å². The molecule has 0 spiro atoms. The van der Waals surface area contributed by atoms with Crippen LogP contribution in [0.1, 0.15) is 10.4 Å². The molecule has 0 aliphatic heterocycles. The molecule has 1 rings (SSSR count). The summed E-state index contributed by atoms with van der Waals surface area (Å²) in [5.74, 6) is 0.506. The summed E-state index contributed by atoms with van der Waals surface area (Å²) >= 11 is 0. The second-order valence-corrected chi connectivity index (χ2v) is 3.21. The third-order valence-corrected chi connectivity index (χ3v) is 2.32. The van der Waals surface area contributed by atoms with Gasteiger partial charge in [0.15, 0.2) is 0 Å². The van der Waals surface area contributed by atoms with Gasteiger partial charge in [0.1, 0.15) is 17.1 Å². The van der Waals surface area contributed by atoms with Crippen LogP contribution in [0.25, 0.3) is 0 Å². The number of ketones is 1. The van der Waals surface area contributed by atoms with Gasteiger partial charge < -0.3 is 18.9 Å². The summed E-state index contributed by atoms with van der Waals surface area (Å²) in [6, 6.07) is 5.10. The maximum Gasteiger partial charge on any atom is 0.226 e. The third kappa shape index (κ3) is 2.75. The van der Waals surface area contributed by atoms with Gasteiger partial charge in [0.25, 0.3) is 0 Å². The maximum absolute atomic E-state index is 12.2. The Labute approximate surface area is 100 Å². The van der Waals surface area contributed by atoms with E-state index in [1.54, 1.807) is 18.2 Å².